The van der Waals surface area contributed by atoms with E-state index in [1.165, 1.54) is 12.1 Å². The van der Waals surface area contributed by atoms with E-state index < -0.39 is 23.7 Å². The Morgan fingerprint density at radius 3 is 2.77 bits per heavy atom. The lowest BCUT2D eigenvalue weighted by atomic mass is 9.76. The molecule has 1 aliphatic heterocycles. The molecule has 1 aliphatic carbocycles. The quantitative estimate of drug-likeness (QED) is 0.410. The number of hydrogen-bond donors (Lipinski definition) is 0. The predicted molar refractivity (Wildman–Crippen MR) is 107 cm³/mol. The van der Waals surface area contributed by atoms with Gasteiger partial charge in [0, 0.05) is 34.8 Å². The van der Waals surface area contributed by atoms with Crippen molar-refractivity contribution >= 4 is 18.0 Å². The second kappa shape index (κ2) is 7.52. The summed E-state index contributed by atoms with van der Waals surface area (Å²) in [5.74, 6) is -2.26. The number of ether oxygens (including phenoxy) is 2. The van der Waals surface area contributed by atoms with E-state index in [0.717, 1.165) is 53.3 Å². The Kier molecular flexibility index (Phi) is 5.02. The van der Waals surface area contributed by atoms with Crippen LogP contribution in [0.15, 0.2) is 42.5 Å². The van der Waals surface area contributed by atoms with Crippen LogP contribution in [0, 0.1) is 31.4 Å². The maximum absolute atomic E-state index is 13.7. The lowest BCUT2D eigenvalue weighted by molar-refractivity contribution is -0.139. The fraction of sp³-hybridized carbons (Fsp3) is 0.250. The summed E-state index contributed by atoms with van der Waals surface area (Å²) < 4.78 is 37.8. The molecule has 0 amide bonds. The summed E-state index contributed by atoms with van der Waals surface area (Å²) in [6, 6.07) is 4.88. The molecule has 0 radical (unpaired) electrons. The minimum Gasteiger partial charge on any atom is -0.453 e. The molecular formula is C24H20F2O4. The molecule has 1 saturated heterocycles. The van der Waals surface area contributed by atoms with Crippen molar-refractivity contribution in [3.63, 3.8) is 0 Å². The lowest BCUT2D eigenvalue weighted by Crippen LogP contribution is -2.21. The molecule has 1 fully saturated rings. The largest absolute Gasteiger partial charge is 0.453 e. The molecule has 6 heteroatoms. The molecule has 2 aromatic rings. The molecule has 2 aliphatic rings. The molecule has 154 valence electrons. The third kappa shape index (κ3) is 3.43. The van der Waals surface area contributed by atoms with Gasteiger partial charge in [-0.25, -0.2) is 18.4 Å². The first-order valence-corrected chi connectivity index (χ1v) is 9.64. The van der Waals surface area contributed by atoms with Gasteiger partial charge in [0.2, 0.25) is 0 Å². The van der Waals surface area contributed by atoms with Crippen LogP contribution in [0.25, 0.3) is 6.08 Å². The maximum atomic E-state index is 13.7. The molecule has 4 rings (SSSR count). The zero-order valence-electron chi connectivity index (χ0n) is 16.6. The summed E-state index contributed by atoms with van der Waals surface area (Å²) in [4.78, 5) is 24.3. The lowest BCUT2D eigenvalue weighted by Gasteiger charge is -2.30. The van der Waals surface area contributed by atoms with Crippen LogP contribution < -0.4 is 4.74 Å². The van der Waals surface area contributed by atoms with Crippen molar-refractivity contribution in [2.75, 3.05) is 0 Å². The second-order valence-electron chi connectivity index (χ2n) is 7.63. The van der Waals surface area contributed by atoms with Gasteiger partial charge in [0.15, 0.2) is 0 Å². The van der Waals surface area contributed by atoms with E-state index in [1.807, 2.05) is 13.8 Å². The van der Waals surface area contributed by atoms with Crippen LogP contribution in [0.5, 0.6) is 5.75 Å². The SMILES string of the molecule is C=C1C(=O)O[C@H]2c3c(C)c(OC(=O)/C=C/c4ccc(F)cc4F)cc(C)c3CC[C@@H]12. The first-order valence-electron chi connectivity index (χ1n) is 9.64. The number of fused-ring (bicyclic) bond motifs is 3. The molecule has 0 spiro atoms. The first kappa shape index (κ1) is 20.0. The van der Waals surface area contributed by atoms with Crippen molar-refractivity contribution in [1.82, 2.24) is 0 Å². The van der Waals surface area contributed by atoms with Crippen molar-refractivity contribution in [3.05, 3.63) is 81.9 Å². The first-order chi connectivity index (χ1) is 14.3. The highest BCUT2D eigenvalue weighted by molar-refractivity contribution is 5.91. The topological polar surface area (TPSA) is 52.6 Å². The van der Waals surface area contributed by atoms with Crippen LogP contribution in [0.3, 0.4) is 0 Å². The molecule has 0 aromatic heterocycles. The molecular weight excluding hydrogens is 390 g/mol. The van der Waals surface area contributed by atoms with E-state index >= 15 is 0 Å². The summed E-state index contributed by atoms with van der Waals surface area (Å²) in [5.41, 5.74) is 4.19. The van der Waals surface area contributed by atoms with E-state index in [4.69, 9.17) is 9.47 Å². The standard InChI is InChI=1S/C24H20F2O4/c1-12-10-20(29-21(27)9-5-15-4-6-16(25)11-19(15)26)14(3)22-17(12)7-8-18-13(2)24(28)30-23(18)22/h4-6,9-11,18,23H,2,7-8H2,1,3H3/b9-5+/t18-,23+/m0/s1. The zero-order chi connectivity index (χ0) is 21.6. The van der Waals surface area contributed by atoms with E-state index in [2.05, 4.69) is 6.58 Å². The molecule has 0 saturated carbocycles. The van der Waals surface area contributed by atoms with Crippen LogP contribution in [-0.2, 0) is 20.7 Å². The fourth-order valence-electron chi connectivity index (χ4n) is 4.22. The van der Waals surface area contributed by atoms with Crippen LogP contribution in [-0.4, -0.2) is 11.9 Å². The predicted octanol–water partition coefficient (Wildman–Crippen LogP) is 4.92. The zero-order valence-corrected chi connectivity index (χ0v) is 16.6. The van der Waals surface area contributed by atoms with Gasteiger partial charge in [-0.15, -0.1) is 0 Å². The Labute approximate surface area is 172 Å². The maximum Gasteiger partial charge on any atom is 0.336 e. The van der Waals surface area contributed by atoms with E-state index in [1.54, 1.807) is 6.07 Å². The van der Waals surface area contributed by atoms with Gasteiger partial charge in [-0.05, 0) is 67.7 Å². The van der Waals surface area contributed by atoms with Gasteiger partial charge >= 0.3 is 11.9 Å². The summed E-state index contributed by atoms with van der Waals surface area (Å²) in [6.07, 6.45) is 3.47. The van der Waals surface area contributed by atoms with E-state index in [-0.39, 0.29) is 17.5 Å². The highest BCUT2D eigenvalue weighted by Crippen LogP contribution is 2.49. The minimum absolute atomic E-state index is 0.0737. The normalized spacial score (nSPS) is 20.1. The molecule has 2 atom stereocenters. The Hall–Kier alpha value is -3.28. The van der Waals surface area contributed by atoms with Gasteiger partial charge in [0.1, 0.15) is 23.5 Å². The third-order valence-corrected chi connectivity index (χ3v) is 5.79. The number of halogens is 2. The van der Waals surface area contributed by atoms with Crippen molar-refractivity contribution in [3.8, 4) is 5.75 Å². The highest BCUT2D eigenvalue weighted by atomic mass is 19.1. The molecule has 0 N–H and O–H groups in total. The number of esters is 2. The number of hydrogen-bond acceptors (Lipinski definition) is 4. The van der Waals surface area contributed by atoms with Crippen LogP contribution in [0.1, 0.15) is 40.3 Å². The summed E-state index contributed by atoms with van der Waals surface area (Å²) in [5, 5.41) is 0. The van der Waals surface area contributed by atoms with Gasteiger partial charge in [-0.1, -0.05) is 6.58 Å². The summed E-state index contributed by atoms with van der Waals surface area (Å²) in [7, 11) is 0. The van der Waals surface area contributed by atoms with E-state index in [0.29, 0.717) is 11.3 Å². The van der Waals surface area contributed by atoms with Crippen molar-refractivity contribution in [2.45, 2.75) is 32.8 Å². The van der Waals surface area contributed by atoms with Crippen molar-refractivity contribution in [1.29, 1.82) is 0 Å². The average molecular weight is 410 g/mol. The van der Waals surface area contributed by atoms with Crippen LogP contribution in [0.4, 0.5) is 8.78 Å². The number of benzene rings is 2. The number of aryl methyl sites for hydroxylation is 1. The van der Waals surface area contributed by atoms with Gasteiger partial charge in [-0.2, -0.15) is 0 Å². The van der Waals surface area contributed by atoms with Crippen LogP contribution >= 0.6 is 0 Å². The van der Waals surface area contributed by atoms with Gasteiger partial charge in [0.25, 0.3) is 0 Å². The van der Waals surface area contributed by atoms with E-state index in [9.17, 15) is 18.4 Å². The Morgan fingerprint density at radius 1 is 1.27 bits per heavy atom. The smallest absolute Gasteiger partial charge is 0.336 e. The van der Waals surface area contributed by atoms with Gasteiger partial charge in [-0.3, -0.25) is 0 Å². The molecule has 1 heterocycles. The molecule has 30 heavy (non-hydrogen) atoms. The fourth-order valence-corrected chi connectivity index (χ4v) is 4.22. The Balaban J connectivity index is 1.61. The molecule has 0 bridgehead atoms. The monoisotopic (exact) mass is 410 g/mol. The van der Waals surface area contributed by atoms with Crippen molar-refractivity contribution in [2.24, 2.45) is 5.92 Å². The number of carbonyl (C=O) groups excluding carboxylic acids is 2. The Bertz CT molecular complexity index is 1120. The average Bonchev–Trinajstić information content (AvgIpc) is 2.99. The minimum atomic E-state index is -0.769. The van der Waals surface area contributed by atoms with Crippen molar-refractivity contribution < 1.29 is 27.8 Å². The Morgan fingerprint density at radius 2 is 2.03 bits per heavy atom. The summed E-state index contributed by atoms with van der Waals surface area (Å²) in [6.45, 7) is 7.60. The summed E-state index contributed by atoms with van der Waals surface area (Å²) >= 11 is 0. The number of rotatable bonds is 3. The molecule has 2 aromatic carbocycles. The van der Waals surface area contributed by atoms with Gasteiger partial charge in [0.05, 0.1) is 0 Å². The van der Waals surface area contributed by atoms with Gasteiger partial charge < -0.3 is 9.47 Å². The molecule has 0 unspecified atom stereocenters. The number of carbonyl (C=O) groups is 2. The molecule has 4 nitrogen and oxygen atoms in total. The third-order valence-electron chi connectivity index (χ3n) is 5.79. The van der Waals surface area contributed by atoms with Crippen LogP contribution in [0.2, 0.25) is 0 Å². The highest BCUT2D eigenvalue weighted by Gasteiger charge is 2.44. The second-order valence-corrected chi connectivity index (χ2v) is 7.63.